The molecule has 0 spiro atoms. The van der Waals surface area contributed by atoms with Gasteiger partial charge >= 0.3 is 0 Å². The van der Waals surface area contributed by atoms with E-state index in [-0.39, 0.29) is 5.91 Å². The van der Waals surface area contributed by atoms with Gasteiger partial charge in [0.2, 0.25) is 5.91 Å². The van der Waals surface area contributed by atoms with Gasteiger partial charge in [-0.25, -0.2) is 0 Å². The fourth-order valence-electron chi connectivity index (χ4n) is 2.78. The molecule has 3 rings (SSSR count). The summed E-state index contributed by atoms with van der Waals surface area (Å²) in [6, 6.07) is 13.8. The molecule has 0 atom stereocenters. The smallest absolute Gasteiger partial charge is 0.224 e. The Labute approximate surface area is 140 Å². The molecular formula is C19H19ClN2O. The second-order valence-corrected chi connectivity index (χ2v) is 6.23. The number of carbonyl (C=O) groups is 1. The van der Waals surface area contributed by atoms with E-state index in [1.54, 1.807) is 0 Å². The number of amides is 1. The summed E-state index contributed by atoms with van der Waals surface area (Å²) in [6.07, 6.45) is 0.361. The number of rotatable bonds is 4. The van der Waals surface area contributed by atoms with Gasteiger partial charge in [-0.1, -0.05) is 41.4 Å². The molecule has 0 unspecified atom stereocenters. The van der Waals surface area contributed by atoms with E-state index in [1.165, 1.54) is 5.56 Å². The molecule has 1 heterocycles. The lowest BCUT2D eigenvalue weighted by molar-refractivity contribution is -0.120. The summed E-state index contributed by atoms with van der Waals surface area (Å²) in [7, 11) is 0. The number of hydrogen-bond acceptors (Lipinski definition) is 1. The van der Waals surface area contributed by atoms with Crippen molar-refractivity contribution in [2.75, 3.05) is 0 Å². The summed E-state index contributed by atoms with van der Waals surface area (Å²) in [5.74, 6) is -0.00424. The molecule has 0 saturated carbocycles. The van der Waals surface area contributed by atoms with Crippen LogP contribution in [0.25, 0.3) is 10.9 Å². The van der Waals surface area contributed by atoms with Crippen LogP contribution in [0.2, 0.25) is 5.02 Å². The molecule has 2 aromatic carbocycles. The fourth-order valence-corrected chi connectivity index (χ4v) is 2.99. The zero-order valence-corrected chi connectivity index (χ0v) is 14.0. The maximum absolute atomic E-state index is 12.3. The van der Waals surface area contributed by atoms with Gasteiger partial charge in [-0.15, -0.1) is 0 Å². The Bertz CT molecular complexity index is 867. The molecule has 3 aromatic rings. The molecule has 3 nitrogen and oxygen atoms in total. The number of hydrogen-bond donors (Lipinski definition) is 2. The van der Waals surface area contributed by atoms with Crippen LogP contribution in [0.1, 0.15) is 22.4 Å². The summed E-state index contributed by atoms with van der Waals surface area (Å²) in [6.45, 7) is 4.51. The van der Waals surface area contributed by atoms with Crippen LogP contribution >= 0.6 is 11.6 Å². The van der Waals surface area contributed by atoms with Crippen molar-refractivity contribution in [1.29, 1.82) is 0 Å². The summed E-state index contributed by atoms with van der Waals surface area (Å²) < 4.78 is 0. The predicted molar refractivity (Wildman–Crippen MR) is 94.8 cm³/mol. The summed E-state index contributed by atoms with van der Waals surface area (Å²) in [5.41, 5.74) is 5.28. The van der Waals surface area contributed by atoms with Gasteiger partial charge in [-0.05, 0) is 43.2 Å². The fraction of sp³-hybridized carbons (Fsp3) is 0.211. The predicted octanol–water partition coefficient (Wildman–Crippen LogP) is 4.30. The first-order chi connectivity index (χ1) is 11.0. The number of H-pyrrole nitrogens is 1. The van der Waals surface area contributed by atoms with E-state index >= 15 is 0 Å². The normalized spacial score (nSPS) is 10.9. The van der Waals surface area contributed by atoms with Gasteiger partial charge < -0.3 is 10.3 Å². The number of fused-ring (bicyclic) bond motifs is 1. The SMILES string of the molecule is Cc1ccc2[nH]c(C)c(CC(=O)NCc3ccccc3Cl)c2c1. The Kier molecular flexibility index (Phi) is 4.39. The largest absolute Gasteiger partial charge is 0.358 e. The second-order valence-electron chi connectivity index (χ2n) is 5.82. The minimum atomic E-state index is -0.00424. The zero-order valence-electron chi connectivity index (χ0n) is 13.2. The third kappa shape index (κ3) is 3.40. The number of aromatic amines is 1. The zero-order chi connectivity index (χ0) is 16.4. The number of aryl methyl sites for hydroxylation is 2. The molecule has 0 aliphatic rings. The second kappa shape index (κ2) is 6.47. The van der Waals surface area contributed by atoms with Crippen LogP contribution in [0.15, 0.2) is 42.5 Å². The van der Waals surface area contributed by atoms with Crippen molar-refractivity contribution in [2.24, 2.45) is 0 Å². The Morgan fingerprint density at radius 2 is 1.96 bits per heavy atom. The number of halogens is 1. The van der Waals surface area contributed by atoms with Gasteiger partial charge in [0, 0.05) is 28.2 Å². The molecule has 1 aromatic heterocycles. The van der Waals surface area contributed by atoms with Crippen LogP contribution in [0.4, 0.5) is 0 Å². The van der Waals surface area contributed by atoms with Gasteiger partial charge in [0.05, 0.1) is 6.42 Å². The van der Waals surface area contributed by atoms with Gasteiger partial charge in [-0.3, -0.25) is 4.79 Å². The molecule has 0 radical (unpaired) electrons. The van der Waals surface area contributed by atoms with Gasteiger partial charge in [0.25, 0.3) is 0 Å². The minimum absolute atomic E-state index is 0.00424. The molecule has 0 aliphatic carbocycles. The van der Waals surface area contributed by atoms with E-state index in [0.29, 0.717) is 18.0 Å². The molecule has 0 aliphatic heterocycles. The Hall–Kier alpha value is -2.26. The monoisotopic (exact) mass is 326 g/mol. The van der Waals surface area contributed by atoms with E-state index in [9.17, 15) is 4.79 Å². The number of benzene rings is 2. The van der Waals surface area contributed by atoms with Crippen molar-refractivity contribution in [1.82, 2.24) is 10.3 Å². The lowest BCUT2D eigenvalue weighted by Gasteiger charge is -2.07. The summed E-state index contributed by atoms with van der Waals surface area (Å²) >= 11 is 6.11. The van der Waals surface area contributed by atoms with Crippen molar-refractivity contribution in [2.45, 2.75) is 26.8 Å². The lowest BCUT2D eigenvalue weighted by atomic mass is 10.1. The molecular weight excluding hydrogens is 308 g/mol. The molecule has 4 heteroatoms. The Morgan fingerprint density at radius 3 is 2.74 bits per heavy atom. The van der Waals surface area contributed by atoms with Gasteiger partial charge in [0.15, 0.2) is 0 Å². The average Bonchev–Trinajstić information content (AvgIpc) is 2.82. The standard InChI is InChI=1S/C19H19ClN2O/c1-12-7-8-18-16(9-12)15(13(2)22-18)10-19(23)21-11-14-5-3-4-6-17(14)20/h3-9,22H,10-11H2,1-2H3,(H,21,23). The molecule has 23 heavy (non-hydrogen) atoms. The van der Waals surface area contributed by atoms with Crippen LogP contribution in [-0.2, 0) is 17.8 Å². The highest BCUT2D eigenvalue weighted by Gasteiger charge is 2.13. The molecule has 2 N–H and O–H groups in total. The highest BCUT2D eigenvalue weighted by Crippen LogP contribution is 2.24. The van der Waals surface area contributed by atoms with Crippen molar-refractivity contribution >= 4 is 28.4 Å². The molecule has 0 fully saturated rings. The van der Waals surface area contributed by atoms with Crippen molar-refractivity contribution < 1.29 is 4.79 Å². The highest BCUT2D eigenvalue weighted by atomic mass is 35.5. The topological polar surface area (TPSA) is 44.9 Å². The van der Waals surface area contributed by atoms with Crippen molar-refractivity contribution in [3.63, 3.8) is 0 Å². The van der Waals surface area contributed by atoms with E-state index < -0.39 is 0 Å². The first kappa shape index (κ1) is 15.6. The Morgan fingerprint density at radius 1 is 1.17 bits per heavy atom. The average molecular weight is 327 g/mol. The summed E-state index contributed by atoms with van der Waals surface area (Å²) in [5, 5.41) is 4.74. The first-order valence-corrected chi connectivity index (χ1v) is 8.00. The molecule has 0 saturated heterocycles. The third-order valence-corrected chi connectivity index (χ3v) is 4.41. The van der Waals surface area contributed by atoms with E-state index in [1.807, 2.05) is 31.2 Å². The first-order valence-electron chi connectivity index (χ1n) is 7.62. The summed E-state index contributed by atoms with van der Waals surface area (Å²) in [4.78, 5) is 15.6. The number of aromatic nitrogens is 1. The van der Waals surface area contributed by atoms with E-state index in [4.69, 9.17) is 11.6 Å². The third-order valence-electron chi connectivity index (χ3n) is 4.05. The maximum atomic E-state index is 12.3. The van der Waals surface area contributed by atoms with Gasteiger partial charge in [0.1, 0.15) is 0 Å². The van der Waals surface area contributed by atoms with Gasteiger partial charge in [-0.2, -0.15) is 0 Å². The Balaban J connectivity index is 1.74. The highest BCUT2D eigenvalue weighted by molar-refractivity contribution is 6.31. The van der Waals surface area contributed by atoms with Crippen LogP contribution in [0.5, 0.6) is 0 Å². The van der Waals surface area contributed by atoms with E-state index in [0.717, 1.165) is 27.7 Å². The van der Waals surface area contributed by atoms with Crippen LogP contribution in [0.3, 0.4) is 0 Å². The minimum Gasteiger partial charge on any atom is -0.358 e. The van der Waals surface area contributed by atoms with Crippen LogP contribution in [0, 0.1) is 13.8 Å². The maximum Gasteiger partial charge on any atom is 0.224 e. The van der Waals surface area contributed by atoms with Crippen molar-refractivity contribution in [3.8, 4) is 0 Å². The van der Waals surface area contributed by atoms with Crippen LogP contribution < -0.4 is 5.32 Å². The number of carbonyl (C=O) groups excluding carboxylic acids is 1. The molecule has 118 valence electrons. The van der Waals surface area contributed by atoms with E-state index in [2.05, 4.69) is 35.4 Å². The van der Waals surface area contributed by atoms with Crippen LogP contribution in [-0.4, -0.2) is 10.9 Å². The van der Waals surface area contributed by atoms with Crippen molar-refractivity contribution in [3.05, 3.63) is 69.9 Å². The quantitative estimate of drug-likeness (QED) is 0.737. The lowest BCUT2D eigenvalue weighted by Crippen LogP contribution is -2.24. The molecule has 1 amide bonds. The molecule has 0 bridgehead atoms. The number of nitrogens with one attached hydrogen (secondary N) is 2.